The topological polar surface area (TPSA) is 394 Å². The van der Waals surface area contributed by atoms with Gasteiger partial charge >= 0.3 is 5.97 Å². The number of carbonyl (C=O) groups is 7. The molecule has 0 heterocycles. The van der Waals surface area contributed by atoms with Gasteiger partial charge in [0, 0.05) is 76.8 Å². The van der Waals surface area contributed by atoms with Crippen LogP contribution in [0.1, 0.15) is 52.9 Å². The maximum absolute atomic E-state index is 14.0. The molecule has 8 rings (SSSR count). The maximum atomic E-state index is 14.0. The summed E-state index contributed by atoms with van der Waals surface area (Å²) in [5.41, 5.74) is 5.01. The number of esters is 1. The van der Waals surface area contributed by atoms with Gasteiger partial charge in [0.2, 0.25) is 11.6 Å². The number of aromatic hydroxyl groups is 2. The van der Waals surface area contributed by atoms with Crippen molar-refractivity contribution in [2.75, 3.05) is 107 Å². The normalized spacial score (nSPS) is 25.6. The molecule has 26 heteroatoms. The van der Waals surface area contributed by atoms with Crippen molar-refractivity contribution in [2.24, 2.45) is 35.1 Å². The van der Waals surface area contributed by atoms with Crippen LogP contribution in [0.4, 0.5) is 11.4 Å². The Kier molecular flexibility index (Phi) is 19.4. The summed E-state index contributed by atoms with van der Waals surface area (Å²) >= 11 is 1.92. The zero-order valence-electron chi connectivity index (χ0n) is 45.2. The summed E-state index contributed by atoms with van der Waals surface area (Å²) in [6.45, 7) is 0.589. The molecule has 0 radical (unpaired) electrons. The number of Topliss-reactive ketones (excluding diaryl/α,β-unsaturated/α-hetero) is 4. The molecule has 2 amide bonds. The van der Waals surface area contributed by atoms with E-state index < -0.39 is 128 Å². The minimum atomic E-state index is -2.75. The average molecular weight is 1240 g/mol. The number of likely N-dealkylation sites (N-methyl/N-ethyl adjacent to an activating group) is 2. The van der Waals surface area contributed by atoms with Crippen LogP contribution in [0.2, 0.25) is 0 Å². The Labute approximate surface area is 475 Å². The number of aliphatic hydroxyl groups is 7. The summed E-state index contributed by atoms with van der Waals surface area (Å²) in [6, 6.07) is 0.914. The van der Waals surface area contributed by atoms with Gasteiger partial charge in [-0.25, -0.2) is 4.79 Å². The number of benzene rings is 2. The molecular formula is C54H71IN6O19. The lowest BCUT2D eigenvalue weighted by atomic mass is 9.57. The standard InChI is InChI=1S/C27H33N3O10.C23H26IN3O7.C3H8O2.CH4/c1-29(2)15-10-13(26(37)40-7-6-39-5)20(31)17-12(15)8-11-9-14-19(30(3)4)22(33)18(25(28)36)24(35)27(14,38)23(34)16(11)21(17)32;1-26(2)12-7-11(24)17(28)14-9(12)5-8-6-10-16(27(3)4)19(30)15(22(25)33)21(32)23(10,34)20(31)13(8)18(14)29;1-5-3-2-4;/h10-11,14,19,31-32,35,38H,6-9H2,1-5H3,(H2,28,36);7-8,10,16,28-29,32,34H,5-6H2,1-4H3,(H2,25,33);4H,2-3H2,1H3;1H4/t11-,14-,19-,27-;8?,10?,16-,23-;;/m00../s1. The third-order valence-corrected chi connectivity index (χ3v) is 16.2. The van der Waals surface area contributed by atoms with Crippen molar-refractivity contribution < 1.29 is 93.7 Å². The smallest absolute Gasteiger partial charge is 0.342 e. The zero-order valence-corrected chi connectivity index (χ0v) is 47.4. The largest absolute Gasteiger partial charge is 0.508 e. The maximum Gasteiger partial charge on any atom is 0.342 e. The van der Waals surface area contributed by atoms with Crippen LogP contribution in [0.5, 0.6) is 11.5 Å². The van der Waals surface area contributed by atoms with Gasteiger partial charge < -0.3 is 81.4 Å². The van der Waals surface area contributed by atoms with Gasteiger partial charge in [0.25, 0.3) is 11.8 Å². The van der Waals surface area contributed by atoms with E-state index >= 15 is 0 Å². The van der Waals surface area contributed by atoms with Gasteiger partial charge in [0.1, 0.15) is 57.9 Å². The predicted molar refractivity (Wildman–Crippen MR) is 298 cm³/mol. The lowest BCUT2D eigenvalue weighted by molar-refractivity contribution is -0.155. The molecule has 80 heavy (non-hydrogen) atoms. The molecule has 0 spiro atoms. The van der Waals surface area contributed by atoms with Crippen LogP contribution in [0.3, 0.4) is 0 Å². The summed E-state index contributed by atoms with van der Waals surface area (Å²) in [5, 5.41) is 97.6. The second-order valence-corrected chi connectivity index (χ2v) is 21.9. The van der Waals surface area contributed by atoms with E-state index in [1.54, 1.807) is 46.3 Å². The molecule has 2 aromatic rings. The first-order valence-corrected chi connectivity index (χ1v) is 25.8. The summed E-state index contributed by atoms with van der Waals surface area (Å²) in [4.78, 5) is 97.3. The Morgan fingerprint density at radius 1 is 0.637 bits per heavy atom. The fourth-order valence-corrected chi connectivity index (χ4v) is 12.5. The number of aliphatic hydroxyl groups excluding tert-OH is 5. The Balaban J connectivity index is 0.000000271. The summed E-state index contributed by atoms with van der Waals surface area (Å²) in [6.07, 6.45) is 0.368. The summed E-state index contributed by atoms with van der Waals surface area (Å²) in [7, 11) is 16.2. The molecular weight excluding hydrogens is 1160 g/mol. The highest BCUT2D eigenvalue weighted by Crippen LogP contribution is 2.56. The second-order valence-electron chi connectivity index (χ2n) is 20.8. The van der Waals surface area contributed by atoms with Crippen molar-refractivity contribution in [3.63, 3.8) is 0 Å². The minimum absolute atomic E-state index is 0. The predicted octanol–water partition coefficient (Wildman–Crippen LogP) is 0.729. The van der Waals surface area contributed by atoms with E-state index in [2.05, 4.69) is 4.74 Å². The van der Waals surface area contributed by atoms with Crippen LogP contribution < -0.4 is 21.3 Å². The molecule has 25 nitrogen and oxygen atoms in total. The number of nitrogens with two attached hydrogens (primary N) is 2. The van der Waals surface area contributed by atoms with Crippen molar-refractivity contribution in [3.8, 4) is 11.5 Å². The third kappa shape index (κ3) is 10.4. The first-order valence-electron chi connectivity index (χ1n) is 24.7. The average Bonchev–Trinajstić information content (AvgIpc) is 3.52. The Bertz CT molecular complexity index is 3050. The monoisotopic (exact) mass is 1230 g/mol. The van der Waals surface area contributed by atoms with E-state index in [0.29, 0.717) is 27.0 Å². The van der Waals surface area contributed by atoms with Crippen LogP contribution in [-0.4, -0.2) is 217 Å². The van der Waals surface area contributed by atoms with Gasteiger partial charge in [-0.05, 0) is 112 Å². The van der Waals surface area contributed by atoms with Crippen molar-refractivity contribution in [1.82, 2.24) is 9.80 Å². The number of halogens is 1. The number of anilines is 2. The number of ether oxygens (including phenoxy) is 3. The molecule has 2 fully saturated rings. The van der Waals surface area contributed by atoms with Gasteiger partial charge in [-0.1, -0.05) is 7.43 Å². The molecule has 0 aromatic heterocycles. The molecule has 0 aliphatic heterocycles. The van der Waals surface area contributed by atoms with E-state index in [-0.39, 0.29) is 86.5 Å². The SMILES string of the molecule is C.CN(C)c1cc(I)c(O)c2c1CC1CC3[C@H](N(C)C)C(=O)C(C(N)=O)=C(O)[C@@]3(O)C(=O)C1=C2O.COCCO.COCCOC(=O)c1cc(N(C)C)c2c(c1O)C(O)=C1C(=O)[C@]3(O)C(O)=C(C(N)=O)C(=O)[C@@H](N(C)C)[C@@H]3C[C@@H]1C2. The number of methoxy groups -OCH3 is 2. The van der Waals surface area contributed by atoms with E-state index in [1.807, 2.05) is 41.6 Å². The van der Waals surface area contributed by atoms with Crippen LogP contribution in [0.15, 0.2) is 45.9 Å². The first-order chi connectivity index (χ1) is 36.9. The molecule has 13 N–H and O–H groups in total. The molecule has 2 unspecified atom stereocenters. The lowest BCUT2D eigenvalue weighted by Crippen LogP contribution is -2.65. The Morgan fingerprint density at radius 2 is 1.02 bits per heavy atom. The van der Waals surface area contributed by atoms with E-state index in [4.69, 9.17) is 26.0 Å². The van der Waals surface area contributed by atoms with E-state index in [9.17, 15) is 74.4 Å². The molecule has 6 aliphatic carbocycles. The third-order valence-electron chi connectivity index (χ3n) is 15.3. The van der Waals surface area contributed by atoms with Gasteiger partial charge in [0.15, 0.2) is 22.8 Å². The number of phenolic OH excluding ortho intramolecular Hbond substituents is 2. The summed E-state index contributed by atoms with van der Waals surface area (Å²) < 4.78 is 14.9. The number of phenols is 2. The fraction of sp³-hybridized carbons (Fsp3) is 0.500. The quantitative estimate of drug-likeness (QED) is 0.0604. The van der Waals surface area contributed by atoms with Crippen molar-refractivity contribution in [2.45, 2.75) is 56.4 Å². The number of amides is 2. The molecule has 6 aliphatic rings. The fourth-order valence-electron chi connectivity index (χ4n) is 11.9. The number of hydrogen-bond donors (Lipinski definition) is 11. The number of primary amides is 2. The highest BCUT2D eigenvalue weighted by Gasteiger charge is 2.66. The molecule has 438 valence electrons. The molecule has 0 saturated heterocycles. The number of ketones is 4. The molecule has 2 aromatic carbocycles. The number of fused-ring (bicyclic) bond motifs is 6. The number of rotatable bonds is 12. The number of carbonyl (C=O) groups excluding carboxylic acids is 7. The van der Waals surface area contributed by atoms with Crippen molar-refractivity contribution in [3.05, 3.63) is 77.3 Å². The van der Waals surface area contributed by atoms with Gasteiger partial charge in [-0.3, -0.25) is 38.6 Å². The second kappa shape index (κ2) is 24.2. The Morgan fingerprint density at radius 3 is 1.36 bits per heavy atom. The van der Waals surface area contributed by atoms with Gasteiger partial charge in [-0.15, -0.1) is 0 Å². The van der Waals surface area contributed by atoms with Crippen LogP contribution in [-0.2, 0) is 55.8 Å². The van der Waals surface area contributed by atoms with Crippen molar-refractivity contribution >= 4 is 86.4 Å². The molecule has 0 bridgehead atoms. The zero-order chi connectivity index (χ0) is 59.4. The number of hydrogen-bond acceptors (Lipinski definition) is 23. The van der Waals surface area contributed by atoms with Gasteiger partial charge in [-0.2, -0.15) is 0 Å². The minimum Gasteiger partial charge on any atom is -0.508 e. The van der Waals surface area contributed by atoms with E-state index in [1.165, 1.54) is 37.1 Å². The van der Waals surface area contributed by atoms with Crippen LogP contribution in [0, 0.1) is 27.2 Å². The van der Waals surface area contributed by atoms with Crippen LogP contribution in [0.25, 0.3) is 11.5 Å². The first kappa shape index (κ1) is 64.2. The highest BCUT2D eigenvalue weighted by molar-refractivity contribution is 14.1. The highest BCUT2D eigenvalue weighted by atomic mass is 127. The molecule has 8 atom stereocenters. The van der Waals surface area contributed by atoms with Crippen LogP contribution >= 0.6 is 22.6 Å². The molecule has 2 saturated carbocycles. The lowest BCUT2D eigenvalue weighted by Gasteiger charge is -2.50. The summed E-state index contributed by atoms with van der Waals surface area (Å²) in [5.74, 6) is -15.1. The van der Waals surface area contributed by atoms with Crippen molar-refractivity contribution in [1.29, 1.82) is 0 Å². The van der Waals surface area contributed by atoms with E-state index in [0.717, 1.165) is 5.69 Å². The number of nitrogens with zero attached hydrogens (tertiary/aromatic N) is 4. The van der Waals surface area contributed by atoms with Gasteiger partial charge in [0.05, 0.1) is 46.6 Å². The Hall–Kier alpha value is -6.66.